The lowest BCUT2D eigenvalue weighted by Crippen LogP contribution is -2.18. The number of esters is 1. The van der Waals surface area contributed by atoms with E-state index in [1.165, 1.54) is 0 Å². The van der Waals surface area contributed by atoms with Gasteiger partial charge in [0.25, 0.3) is 0 Å². The van der Waals surface area contributed by atoms with Crippen LogP contribution in [0.2, 0.25) is 5.02 Å². The highest BCUT2D eigenvalue weighted by molar-refractivity contribution is 6.30. The Morgan fingerprint density at radius 1 is 1.36 bits per heavy atom. The largest absolute Gasteiger partial charge is 0.465 e. The zero-order valence-corrected chi connectivity index (χ0v) is 8.25. The maximum Gasteiger partial charge on any atom is 0.317 e. The fraction of sp³-hybridized carbons (Fsp3) is 0.364. The highest BCUT2D eigenvalue weighted by Gasteiger charge is 2.66. The second-order valence-electron chi connectivity index (χ2n) is 3.98. The van der Waals surface area contributed by atoms with Gasteiger partial charge in [-0.05, 0) is 24.1 Å². The van der Waals surface area contributed by atoms with E-state index in [9.17, 15) is 4.79 Å². The highest BCUT2D eigenvalue weighted by Crippen LogP contribution is 2.58. The second kappa shape index (κ2) is 2.51. The number of benzene rings is 1. The van der Waals surface area contributed by atoms with Crippen LogP contribution in [0.25, 0.3) is 0 Å². The maximum atomic E-state index is 11.6. The van der Waals surface area contributed by atoms with E-state index in [-0.39, 0.29) is 11.4 Å². The van der Waals surface area contributed by atoms with Crippen LogP contribution in [0.3, 0.4) is 0 Å². The van der Waals surface area contributed by atoms with Gasteiger partial charge in [-0.15, -0.1) is 0 Å². The third-order valence-electron chi connectivity index (χ3n) is 3.24. The number of carbonyl (C=O) groups is 1. The second-order valence-corrected chi connectivity index (χ2v) is 4.41. The SMILES string of the molecule is O=C1OCC2CC12c1ccc(Cl)cc1. The number of fused-ring (bicyclic) bond motifs is 1. The molecule has 1 aromatic rings. The van der Waals surface area contributed by atoms with Crippen LogP contribution < -0.4 is 0 Å². The minimum atomic E-state index is -0.315. The monoisotopic (exact) mass is 208 g/mol. The predicted molar refractivity (Wildman–Crippen MR) is 52.2 cm³/mol. The lowest BCUT2D eigenvalue weighted by molar-refractivity contribution is -0.142. The molecule has 0 spiro atoms. The molecule has 0 aromatic heterocycles. The van der Waals surface area contributed by atoms with E-state index in [0.29, 0.717) is 17.5 Å². The Labute approximate surface area is 86.8 Å². The van der Waals surface area contributed by atoms with Crippen molar-refractivity contribution >= 4 is 17.6 Å². The van der Waals surface area contributed by atoms with Gasteiger partial charge in [-0.2, -0.15) is 0 Å². The topological polar surface area (TPSA) is 26.3 Å². The number of hydrogen-bond donors (Lipinski definition) is 0. The molecule has 1 saturated carbocycles. The van der Waals surface area contributed by atoms with Crippen molar-refractivity contribution in [2.24, 2.45) is 5.92 Å². The van der Waals surface area contributed by atoms with Crippen molar-refractivity contribution in [3.8, 4) is 0 Å². The number of cyclic esters (lactones) is 1. The van der Waals surface area contributed by atoms with Gasteiger partial charge in [0.05, 0.1) is 12.0 Å². The molecule has 1 aliphatic carbocycles. The molecule has 1 heterocycles. The Kier molecular flexibility index (Phi) is 1.49. The molecule has 2 nitrogen and oxygen atoms in total. The predicted octanol–water partition coefficient (Wildman–Crippen LogP) is 2.15. The molecular formula is C11H9ClO2. The molecule has 2 fully saturated rings. The number of carbonyl (C=O) groups excluding carboxylic acids is 1. The van der Waals surface area contributed by atoms with Crippen LogP contribution in [-0.4, -0.2) is 12.6 Å². The van der Waals surface area contributed by atoms with Crippen LogP contribution in [-0.2, 0) is 14.9 Å². The molecule has 2 aliphatic rings. The summed E-state index contributed by atoms with van der Waals surface area (Å²) in [5.74, 6) is 0.334. The standard InChI is InChI=1S/C11H9ClO2/c12-9-3-1-7(2-4-9)11-5-8(11)6-14-10(11)13/h1-4,8H,5-6H2. The van der Waals surface area contributed by atoms with E-state index in [2.05, 4.69) is 0 Å². The van der Waals surface area contributed by atoms with Crippen LogP contribution in [0.4, 0.5) is 0 Å². The van der Waals surface area contributed by atoms with Gasteiger partial charge in [0, 0.05) is 10.9 Å². The van der Waals surface area contributed by atoms with Crippen molar-refractivity contribution < 1.29 is 9.53 Å². The van der Waals surface area contributed by atoms with Crippen molar-refractivity contribution in [1.29, 1.82) is 0 Å². The van der Waals surface area contributed by atoms with Crippen molar-refractivity contribution in [3.63, 3.8) is 0 Å². The Morgan fingerprint density at radius 3 is 2.57 bits per heavy atom. The summed E-state index contributed by atoms with van der Waals surface area (Å²) in [6, 6.07) is 7.50. The molecule has 1 aromatic carbocycles. The summed E-state index contributed by atoms with van der Waals surface area (Å²) in [6.45, 7) is 0.585. The van der Waals surface area contributed by atoms with Crippen molar-refractivity contribution in [2.45, 2.75) is 11.8 Å². The Hall–Kier alpha value is -1.02. The van der Waals surface area contributed by atoms with Crippen LogP contribution >= 0.6 is 11.6 Å². The van der Waals surface area contributed by atoms with Crippen molar-refractivity contribution in [1.82, 2.24) is 0 Å². The van der Waals surface area contributed by atoms with E-state index in [4.69, 9.17) is 16.3 Å². The summed E-state index contributed by atoms with van der Waals surface area (Å²) < 4.78 is 5.03. The number of hydrogen-bond acceptors (Lipinski definition) is 2. The van der Waals surface area contributed by atoms with Crippen LogP contribution in [0.5, 0.6) is 0 Å². The first-order chi connectivity index (χ1) is 6.73. The van der Waals surface area contributed by atoms with Crippen molar-refractivity contribution in [3.05, 3.63) is 34.9 Å². The minimum Gasteiger partial charge on any atom is -0.465 e. The smallest absolute Gasteiger partial charge is 0.317 e. The molecule has 2 atom stereocenters. The first-order valence-electron chi connectivity index (χ1n) is 4.67. The van der Waals surface area contributed by atoms with Gasteiger partial charge in [0.15, 0.2) is 0 Å². The number of rotatable bonds is 1. The number of ether oxygens (including phenoxy) is 1. The lowest BCUT2D eigenvalue weighted by Gasteiger charge is -2.08. The zero-order valence-electron chi connectivity index (χ0n) is 7.50. The van der Waals surface area contributed by atoms with Crippen LogP contribution in [0, 0.1) is 5.92 Å². The van der Waals surface area contributed by atoms with Gasteiger partial charge in [-0.3, -0.25) is 4.79 Å². The summed E-state index contributed by atoms with van der Waals surface area (Å²) in [5.41, 5.74) is 0.735. The lowest BCUT2D eigenvalue weighted by atomic mass is 9.95. The Morgan fingerprint density at radius 2 is 2.07 bits per heavy atom. The molecule has 1 aliphatic heterocycles. The third kappa shape index (κ3) is 0.894. The van der Waals surface area contributed by atoms with E-state index in [1.54, 1.807) is 0 Å². The molecule has 3 heteroatoms. The van der Waals surface area contributed by atoms with E-state index in [0.717, 1.165) is 12.0 Å². The fourth-order valence-electron chi connectivity index (χ4n) is 2.30. The fourth-order valence-corrected chi connectivity index (χ4v) is 2.43. The summed E-state index contributed by atoms with van der Waals surface area (Å²) in [7, 11) is 0. The third-order valence-corrected chi connectivity index (χ3v) is 3.50. The summed E-state index contributed by atoms with van der Waals surface area (Å²) >= 11 is 5.80. The van der Waals surface area contributed by atoms with Gasteiger partial charge in [0.1, 0.15) is 0 Å². The van der Waals surface area contributed by atoms with Gasteiger partial charge in [0.2, 0.25) is 0 Å². The average molecular weight is 209 g/mol. The molecule has 0 bridgehead atoms. The highest BCUT2D eigenvalue weighted by atomic mass is 35.5. The zero-order chi connectivity index (χ0) is 9.76. The first-order valence-corrected chi connectivity index (χ1v) is 5.04. The van der Waals surface area contributed by atoms with Crippen LogP contribution in [0.1, 0.15) is 12.0 Å². The van der Waals surface area contributed by atoms with Gasteiger partial charge in [-0.1, -0.05) is 23.7 Å². The molecule has 0 N–H and O–H groups in total. The summed E-state index contributed by atoms with van der Waals surface area (Å²) in [5, 5.41) is 0.703. The molecule has 3 rings (SSSR count). The molecule has 2 unspecified atom stereocenters. The van der Waals surface area contributed by atoms with E-state index in [1.807, 2.05) is 24.3 Å². The minimum absolute atomic E-state index is 0.0650. The molecule has 0 amide bonds. The summed E-state index contributed by atoms with van der Waals surface area (Å²) in [6.07, 6.45) is 0.938. The summed E-state index contributed by atoms with van der Waals surface area (Å²) in [4.78, 5) is 11.6. The molecule has 14 heavy (non-hydrogen) atoms. The van der Waals surface area contributed by atoms with E-state index < -0.39 is 0 Å². The van der Waals surface area contributed by atoms with Gasteiger partial charge in [-0.25, -0.2) is 0 Å². The van der Waals surface area contributed by atoms with Crippen LogP contribution in [0.15, 0.2) is 24.3 Å². The Bertz CT molecular complexity index is 398. The molecule has 1 saturated heterocycles. The van der Waals surface area contributed by atoms with Gasteiger partial charge >= 0.3 is 5.97 Å². The van der Waals surface area contributed by atoms with E-state index >= 15 is 0 Å². The normalized spacial score (nSPS) is 33.8. The quantitative estimate of drug-likeness (QED) is 0.661. The average Bonchev–Trinajstić information content (AvgIpc) is 2.84. The maximum absolute atomic E-state index is 11.6. The number of halogens is 1. The molecular weight excluding hydrogens is 200 g/mol. The molecule has 72 valence electrons. The molecule has 0 radical (unpaired) electrons. The van der Waals surface area contributed by atoms with Gasteiger partial charge < -0.3 is 4.74 Å². The van der Waals surface area contributed by atoms with Crippen molar-refractivity contribution in [2.75, 3.05) is 6.61 Å². The Balaban J connectivity index is 2.04. The first kappa shape index (κ1) is 8.30.